The van der Waals surface area contributed by atoms with E-state index in [0.717, 1.165) is 16.9 Å². The van der Waals surface area contributed by atoms with Crippen molar-refractivity contribution in [1.82, 2.24) is 9.21 Å². The second-order valence-corrected chi connectivity index (χ2v) is 9.56. The lowest BCUT2D eigenvalue weighted by atomic mass is 10.1. The summed E-state index contributed by atoms with van der Waals surface area (Å²) in [4.78, 5) is 14.2. The average Bonchev–Trinajstić information content (AvgIpc) is 3.08. The molecule has 1 aromatic heterocycles. The lowest BCUT2D eigenvalue weighted by Crippen LogP contribution is -2.52. The van der Waals surface area contributed by atoms with Gasteiger partial charge in [-0.05, 0) is 17.7 Å². The van der Waals surface area contributed by atoms with Crippen molar-refractivity contribution >= 4 is 38.9 Å². The third-order valence-electron chi connectivity index (χ3n) is 4.12. The summed E-state index contributed by atoms with van der Waals surface area (Å²) in [5.74, 6) is -0.192. The van der Waals surface area contributed by atoms with Gasteiger partial charge in [0, 0.05) is 26.2 Å². The van der Waals surface area contributed by atoms with Gasteiger partial charge in [-0.3, -0.25) is 4.79 Å². The van der Waals surface area contributed by atoms with E-state index in [0.29, 0.717) is 17.4 Å². The molecule has 1 fully saturated rings. The fourth-order valence-corrected chi connectivity index (χ4v) is 5.77. The maximum atomic E-state index is 12.6. The molecule has 2 aromatic rings. The lowest BCUT2D eigenvalue weighted by Gasteiger charge is -2.35. The SMILES string of the molecule is NC(C(=O)N1CCN(S(=O)(=O)c2ccc(Cl)s2)CC1)c1ccccc1. The van der Waals surface area contributed by atoms with E-state index in [1.165, 1.54) is 10.4 Å². The van der Waals surface area contributed by atoms with Gasteiger partial charge in [0.05, 0.1) is 4.34 Å². The smallest absolute Gasteiger partial charge is 0.252 e. The average molecular weight is 400 g/mol. The number of amides is 1. The third-order valence-corrected chi connectivity index (χ3v) is 7.71. The predicted molar refractivity (Wildman–Crippen MR) is 98.0 cm³/mol. The van der Waals surface area contributed by atoms with Gasteiger partial charge in [0.25, 0.3) is 10.0 Å². The molecule has 3 rings (SSSR count). The molecule has 1 aliphatic rings. The van der Waals surface area contributed by atoms with Crippen molar-refractivity contribution in [3.8, 4) is 0 Å². The topological polar surface area (TPSA) is 83.7 Å². The van der Waals surface area contributed by atoms with E-state index in [1.807, 2.05) is 30.3 Å². The van der Waals surface area contributed by atoms with Crippen molar-refractivity contribution in [1.29, 1.82) is 0 Å². The molecule has 0 aliphatic carbocycles. The van der Waals surface area contributed by atoms with Gasteiger partial charge < -0.3 is 10.6 Å². The van der Waals surface area contributed by atoms with Gasteiger partial charge in [-0.2, -0.15) is 4.31 Å². The minimum atomic E-state index is -3.56. The Morgan fingerprint density at radius 1 is 1.08 bits per heavy atom. The Morgan fingerprint density at radius 3 is 2.28 bits per heavy atom. The van der Waals surface area contributed by atoms with Gasteiger partial charge in [0.1, 0.15) is 10.3 Å². The fourth-order valence-electron chi connectivity index (χ4n) is 2.71. The molecule has 0 saturated carbocycles. The summed E-state index contributed by atoms with van der Waals surface area (Å²) in [5.41, 5.74) is 6.79. The normalized spacial score (nSPS) is 17.4. The molecular weight excluding hydrogens is 382 g/mol. The van der Waals surface area contributed by atoms with Gasteiger partial charge in [0.2, 0.25) is 5.91 Å². The van der Waals surface area contributed by atoms with Crippen LogP contribution in [0.3, 0.4) is 0 Å². The zero-order chi connectivity index (χ0) is 18.0. The number of piperazine rings is 1. The number of carbonyl (C=O) groups excluding carboxylic acids is 1. The van der Waals surface area contributed by atoms with E-state index in [9.17, 15) is 13.2 Å². The van der Waals surface area contributed by atoms with Crippen LogP contribution in [0.4, 0.5) is 0 Å². The largest absolute Gasteiger partial charge is 0.338 e. The van der Waals surface area contributed by atoms with Crippen LogP contribution in [0.1, 0.15) is 11.6 Å². The van der Waals surface area contributed by atoms with Crippen LogP contribution in [-0.4, -0.2) is 49.7 Å². The van der Waals surface area contributed by atoms with E-state index in [4.69, 9.17) is 17.3 Å². The standard InChI is InChI=1S/C16H18ClN3O3S2/c17-13-6-7-14(24-13)25(22,23)20-10-8-19(9-11-20)16(21)15(18)12-4-2-1-3-5-12/h1-7,15H,8-11,18H2. The van der Waals surface area contributed by atoms with Crippen LogP contribution in [0.25, 0.3) is 0 Å². The highest BCUT2D eigenvalue weighted by Crippen LogP contribution is 2.28. The van der Waals surface area contributed by atoms with Gasteiger partial charge in [0.15, 0.2) is 0 Å². The van der Waals surface area contributed by atoms with E-state index >= 15 is 0 Å². The monoisotopic (exact) mass is 399 g/mol. The molecule has 1 aromatic carbocycles. The number of nitrogens with two attached hydrogens (primary N) is 1. The van der Waals surface area contributed by atoms with Gasteiger partial charge in [-0.15, -0.1) is 11.3 Å². The highest BCUT2D eigenvalue weighted by molar-refractivity contribution is 7.91. The van der Waals surface area contributed by atoms with Crippen LogP contribution < -0.4 is 5.73 Å². The van der Waals surface area contributed by atoms with Crippen LogP contribution in [0.5, 0.6) is 0 Å². The Balaban J connectivity index is 1.65. The van der Waals surface area contributed by atoms with Crippen molar-refractivity contribution in [3.05, 3.63) is 52.4 Å². The first-order valence-electron chi connectivity index (χ1n) is 7.74. The second kappa shape index (κ2) is 7.43. The Bertz CT molecular complexity index is 847. The van der Waals surface area contributed by atoms with Crippen LogP contribution in [0, 0.1) is 0 Å². The number of sulfonamides is 1. The first kappa shape index (κ1) is 18.3. The molecular formula is C16H18ClN3O3S2. The Morgan fingerprint density at radius 2 is 1.72 bits per heavy atom. The molecule has 1 aliphatic heterocycles. The third kappa shape index (κ3) is 3.88. The number of carbonyl (C=O) groups is 1. The van der Waals surface area contributed by atoms with E-state index in [-0.39, 0.29) is 23.2 Å². The Labute approximate surface area is 155 Å². The van der Waals surface area contributed by atoms with Crippen molar-refractivity contribution < 1.29 is 13.2 Å². The van der Waals surface area contributed by atoms with Crippen LogP contribution in [0.15, 0.2) is 46.7 Å². The molecule has 25 heavy (non-hydrogen) atoms. The van der Waals surface area contributed by atoms with Crippen LogP contribution >= 0.6 is 22.9 Å². The molecule has 6 nitrogen and oxygen atoms in total. The molecule has 2 N–H and O–H groups in total. The van der Waals surface area contributed by atoms with Crippen LogP contribution in [-0.2, 0) is 14.8 Å². The summed E-state index contributed by atoms with van der Waals surface area (Å²) in [6.45, 7) is 1.12. The van der Waals surface area contributed by atoms with Crippen molar-refractivity contribution in [2.24, 2.45) is 5.73 Å². The molecule has 1 atom stereocenters. The summed E-state index contributed by atoms with van der Waals surface area (Å²) in [6, 6.07) is 11.5. The maximum absolute atomic E-state index is 12.6. The summed E-state index contributed by atoms with van der Waals surface area (Å²) >= 11 is 6.86. The molecule has 9 heteroatoms. The molecule has 0 radical (unpaired) electrons. The lowest BCUT2D eigenvalue weighted by molar-refractivity contribution is -0.133. The molecule has 1 saturated heterocycles. The number of thiophene rings is 1. The summed E-state index contributed by atoms with van der Waals surface area (Å²) < 4.78 is 27.2. The first-order chi connectivity index (χ1) is 11.9. The molecule has 1 amide bonds. The van der Waals surface area contributed by atoms with Crippen molar-refractivity contribution in [3.63, 3.8) is 0 Å². The van der Waals surface area contributed by atoms with Gasteiger partial charge >= 0.3 is 0 Å². The van der Waals surface area contributed by atoms with E-state index in [2.05, 4.69) is 0 Å². The number of nitrogens with zero attached hydrogens (tertiary/aromatic N) is 2. The van der Waals surface area contributed by atoms with Crippen molar-refractivity contribution in [2.45, 2.75) is 10.3 Å². The number of hydrogen-bond acceptors (Lipinski definition) is 5. The molecule has 2 heterocycles. The molecule has 1 unspecified atom stereocenters. The number of hydrogen-bond donors (Lipinski definition) is 1. The summed E-state index contributed by atoms with van der Waals surface area (Å²) in [5, 5.41) is 0. The van der Waals surface area contributed by atoms with Gasteiger partial charge in [-0.25, -0.2) is 8.42 Å². The highest BCUT2D eigenvalue weighted by Gasteiger charge is 2.32. The van der Waals surface area contributed by atoms with E-state index in [1.54, 1.807) is 11.0 Å². The number of halogens is 1. The summed E-state index contributed by atoms with van der Waals surface area (Å²) in [6.07, 6.45) is 0. The molecule has 134 valence electrons. The maximum Gasteiger partial charge on any atom is 0.252 e. The van der Waals surface area contributed by atoms with E-state index < -0.39 is 16.1 Å². The predicted octanol–water partition coefficient (Wildman–Crippen LogP) is 1.93. The Kier molecular flexibility index (Phi) is 5.45. The van der Waals surface area contributed by atoms with Crippen molar-refractivity contribution in [2.75, 3.05) is 26.2 Å². The first-order valence-corrected chi connectivity index (χ1v) is 10.4. The van der Waals surface area contributed by atoms with Crippen LogP contribution in [0.2, 0.25) is 4.34 Å². The molecule has 0 bridgehead atoms. The minimum Gasteiger partial charge on any atom is -0.338 e. The fraction of sp³-hybridized carbons (Fsp3) is 0.312. The van der Waals surface area contributed by atoms with Gasteiger partial charge in [-0.1, -0.05) is 41.9 Å². The number of benzene rings is 1. The molecule has 0 spiro atoms. The summed E-state index contributed by atoms with van der Waals surface area (Å²) in [7, 11) is -3.56. The minimum absolute atomic E-state index is 0.192. The zero-order valence-electron chi connectivity index (χ0n) is 13.3. The zero-order valence-corrected chi connectivity index (χ0v) is 15.7. The quantitative estimate of drug-likeness (QED) is 0.851. The second-order valence-electron chi connectivity index (χ2n) is 5.68. The Hall–Kier alpha value is -1.45. The number of rotatable bonds is 4. The highest BCUT2D eigenvalue weighted by atomic mass is 35.5.